The van der Waals surface area contributed by atoms with Gasteiger partial charge in [-0.15, -0.1) is 0 Å². The number of carbonyl (C=O) groups excluding carboxylic acids is 2. The number of amides is 1. The first kappa shape index (κ1) is 17.1. The van der Waals surface area contributed by atoms with Crippen molar-refractivity contribution >= 4 is 17.6 Å². The predicted molar refractivity (Wildman–Crippen MR) is 96.0 cm³/mol. The van der Waals surface area contributed by atoms with Crippen molar-refractivity contribution < 1.29 is 14.3 Å². The number of esters is 1. The number of nitriles is 1. The van der Waals surface area contributed by atoms with E-state index in [1.807, 2.05) is 6.07 Å². The summed E-state index contributed by atoms with van der Waals surface area (Å²) in [6.45, 7) is -0.259. The average Bonchev–Trinajstić information content (AvgIpc) is 2.59. The summed E-state index contributed by atoms with van der Waals surface area (Å²) in [7, 11) is 0. The fourth-order valence-electron chi connectivity index (χ4n) is 5.83. The van der Waals surface area contributed by atoms with Gasteiger partial charge in [0.2, 0.25) is 0 Å². The molecule has 4 aliphatic carbocycles. The van der Waals surface area contributed by atoms with Crippen LogP contribution in [-0.4, -0.2) is 18.5 Å². The molecule has 0 aliphatic heterocycles. The van der Waals surface area contributed by atoms with Crippen molar-refractivity contribution in [1.29, 1.82) is 5.26 Å². The number of nitrogens with zero attached hydrogens (tertiary/aromatic N) is 1. The largest absolute Gasteiger partial charge is 0.456 e. The van der Waals surface area contributed by atoms with Gasteiger partial charge in [0.1, 0.15) is 0 Å². The molecule has 4 fully saturated rings. The van der Waals surface area contributed by atoms with Crippen molar-refractivity contribution in [3.63, 3.8) is 0 Å². The number of hydrogen-bond donors (Lipinski definition) is 1. The van der Waals surface area contributed by atoms with Gasteiger partial charge in [0.25, 0.3) is 5.91 Å². The van der Waals surface area contributed by atoms with Gasteiger partial charge in [0.15, 0.2) is 6.61 Å². The standard InChI is InChI=1S/C21H24N2O3/c22-12-14-1-3-18(4-2-14)23-19(24)13-26-20(25)11-21-8-15-5-16(9-21)7-17(6-15)10-21/h1-4,15-17H,5-11,13H2,(H,23,24). The van der Waals surface area contributed by atoms with Crippen molar-refractivity contribution in [2.24, 2.45) is 23.2 Å². The maximum absolute atomic E-state index is 12.3. The Bertz CT molecular complexity index is 712. The molecule has 4 bridgehead atoms. The van der Waals surface area contributed by atoms with Crippen LogP contribution in [-0.2, 0) is 14.3 Å². The van der Waals surface area contributed by atoms with E-state index in [9.17, 15) is 9.59 Å². The van der Waals surface area contributed by atoms with Crippen molar-refractivity contribution in [3.8, 4) is 6.07 Å². The first-order valence-corrected chi connectivity index (χ1v) is 9.49. The molecule has 1 amide bonds. The molecule has 1 aromatic rings. The number of benzene rings is 1. The summed E-state index contributed by atoms with van der Waals surface area (Å²) >= 11 is 0. The van der Waals surface area contributed by atoms with Crippen LogP contribution < -0.4 is 5.32 Å². The first-order valence-electron chi connectivity index (χ1n) is 9.49. The molecule has 4 aliphatic rings. The molecule has 0 heterocycles. The number of carbonyl (C=O) groups is 2. The van der Waals surface area contributed by atoms with E-state index < -0.39 is 0 Å². The van der Waals surface area contributed by atoms with Crippen LogP contribution >= 0.6 is 0 Å². The minimum Gasteiger partial charge on any atom is -0.456 e. The maximum atomic E-state index is 12.3. The Kier molecular flexibility index (Phi) is 4.44. The van der Waals surface area contributed by atoms with Gasteiger partial charge in [-0.3, -0.25) is 9.59 Å². The van der Waals surface area contributed by atoms with Crippen LogP contribution in [0.15, 0.2) is 24.3 Å². The van der Waals surface area contributed by atoms with Crippen molar-refractivity contribution in [2.75, 3.05) is 11.9 Å². The van der Waals surface area contributed by atoms with Crippen molar-refractivity contribution in [2.45, 2.75) is 44.9 Å². The summed E-state index contributed by atoms with van der Waals surface area (Å²) in [5, 5.41) is 11.5. The minimum absolute atomic E-state index is 0.134. The zero-order valence-electron chi connectivity index (χ0n) is 14.9. The molecular weight excluding hydrogens is 328 g/mol. The van der Waals surface area contributed by atoms with Crippen molar-refractivity contribution in [3.05, 3.63) is 29.8 Å². The number of nitrogens with one attached hydrogen (secondary N) is 1. The molecule has 0 radical (unpaired) electrons. The summed E-state index contributed by atoms with van der Waals surface area (Å²) in [6, 6.07) is 8.62. The lowest BCUT2D eigenvalue weighted by Crippen LogP contribution is -2.47. The zero-order chi connectivity index (χ0) is 18.1. The fraction of sp³-hybridized carbons (Fsp3) is 0.571. The third-order valence-corrected chi connectivity index (χ3v) is 6.35. The fourth-order valence-corrected chi connectivity index (χ4v) is 5.83. The van der Waals surface area contributed by atoms with Crippen LogP contribution in [0.5, 0.6) is 0 Å². The maximum Gasteiger partial charge on any atom is 0.306 e. The number of ether oxygens (including phenoxy) is 1. The van der Waals surface area contributed by atoms with Gasteiger partial charge in [-0.05, 0) is 86.0 Å². The molecule has 136 valence electrons. The Morgan fingerprint density at radius 2 is 1.65 bits per heavy atom. The Hall–Kier alpha value is -2.35. The van der Waals surface area contributed by atoms with Crippen LogP contribution in [0.2, 0.25) is 0 Å². The molecule has 0 atom stereocenters. The zero-order valence-corrected chi connectivity index (χ0v) is 14.9. The summed E-state index contributed by atoms with van der Waals surface area (Å²) in [6.07, 6.45) is 7.98. The van der Waals surface area contributed by atoms with Gasteiger partial charge in [0, 0.05) is 5.69 Å². The highest BCUT2D eigenvalue weighted by atomic mass is 16.5. The molecular formula is C21H24N2O3. The Labute approximate surface area is 153 Å². The Balaban J connectivity index is 1.26. The topological polar surface area (TPSA) is 79.2 Å². The highest BCUT2D eigenvalue weighted by molar-refractivity contribution is 5.92. The van der Waals surface area contributed by atoms with Gasteiger partial charge >= 0.3 is 5.97 Å². The monoisotopic (exact) mass is 352 g/mol. The molecule has 4 saturated carbocycles. The molecule has 1 aromatic carbocycles. The van der Waals surface area contributed by atoms with Gasteiger partial charge in [-0.25, -0.2) is 0 Å². The molecule has 1 N–H and O–H groups in total. The Morgan fingerprint density at radius 1 is 1.08 bits per heavy atom. The third kappa shape index (κ3) is 3.60. The molecule has 0 unspecified atom stereocenters. The van der Waals surface area contributed by atoms with Crippen LogP contribution in [0.4, 0.5) is 5.69 Å². The Morgan fingerprint density at radius 3 is 2.19 bits per heavy atom. The molecule has 0 spiro atoms. The van der Waals surface area contributed by atoms with E-state index in [4.69, 9.17) is 10.00 Å². The highest BCUT2D eigenvalue weighted by Gasteiger charge is 2.51. The molecule has 26 heavy (non-hydrogen) atoms. The quantitative estimate of drug-likeness (QED) is 0.821. The smallest absolute Gasteiger partial charge is 0.306 e. The average molecular weight is 352 g/mol. The van der Waals surface area contributed by atoms with E-state index in [-0.39, 0.29) is 23.9 Å². The molecule has 5 nitrogen and oxygen atoms in total. The molecule has 5 rings (SSSR count). The SMILES string of the molecule is N#Cc1ccc(NC(=O)COC(=O)CC23CC4CC(CC(C4)C2)C3)cc1. The van der Waals surface area contributed by atoms with Crippen LogP contribution in [0.25, 0.3) is 0 Å². The molecule has 0 saturated heterocycles. The second-order valence-corrected chi connectivity index (χ2v) is 8.49. The molecule has 0 aromatic heterocycles. The predicted octanol–water partition coefficient (Wildman–Crippen LogP) is 3.65. The lowest BCUT2D eigenvalue weighted by atomic mass is 9.49. The molecule has 5 heteroatoms. The number of anilines is 1. The van der Waals surface area contributed by atoms with E-state index in [2.05, 4.69) is 5.32 Å². The summed E-state index contributed by atoms with van der Waals surface area (Å²) in [4.78, 5) is 24.3. The van der Waals surface area contributed by atoms with Crippen molar-refractivity contribution in [1.82, 2.24) is 0 Å². The highest BCUT2D eigenvalue weighted by Crippen LogP contribution is 2.61. The third-order valence-electron chi connectivity index (χ3n) is 6.35. The van der Waals surface area contributed by atoms with E-state index in [0.717, 1.165) is 37.0 Å². The van der Waals surface area contributed by atoms with Gasteiger partial charge in [-0.1, -0.05) is 0 Å². The number of rotatable bonds is 5. The summed E-state index contributed by atoms with van der Waals surface area (Å²) < 4.78 is 5.26. The van der Waals surface area contributed by atoms with E-state index in [0.29, 0.717) is 17.7 Å². The van der Waals surface area contributed by atoms with E-state index in [1.165, 1.54) is 19.3 Å². The summed E-state index contributed by atoms with van der Waals surface area (Å²) in [5.41, 5.74) is 1.26. The second-order valence-electron chi connectivity index (χ2n) is 8.49. The second kappa shape index (κ2) is 6.75. The lowest BCUT2D eigenvalue weighted by molar-refractivity contribution is -0.154. The number of hydrogen-bond acceptors (Lipinski definition) is 4. The van der Waals surface area contributed by atoms with Crippen LogP contribution in [0.3, 0.4) is 0 Å². The van der Waals surface area contributed by atoms with E-state index in [1.54, 1.807) is 24.3 Å². The minimum atomic E-state index is -0.353. The van der Waals surface area contributed by atoms with Crippen LogP contribution in [0.1, 0.15) is 50.5 Å². The normalized spacial score (nSPS) is 31.3. The summed E-state index contributed by atoms with van der Waals surface area (Å²) in [5.74, 6) is 1.80. The van der Waals surface area contributed by atoms with Crippen LogP contribution in [0, 0.1) is 34.5 Å². The lowest BCUT2D eigenvalue weighted by Gasteiger charge is -2.56. The van der Waals surface area contributed by atoms with Gasteiger partial charge in [-0.2, -0.15) is 5.26 Å². The first-order chi connectivity index (χ1) is 12.5. The van der Waals surface area contributed by atoms with Gasteiger partial charge < -0.3 is 10.1 Å². The van der Waals surface area contributed by atoms with Gasteiger partial charge in [0.05, 0.1) is 18.1 Å². The van der Waals surface area contributed by atoms with E-state index >= 15 is 0 Å².